The molecule has 0 aromatic rings. The lowest BCUT2D eigenvalue weighted by Gasteiger charge is -2.10. The maximum atomic E-state index is 11.0. The van der Waals surface area contributed by atoms with E-state index in [1.807, 2.05) is 20.8 Å². The topological polar surface area (TPSA) is 26.3 Å². The van der Waals surface area contributed by atoms with Crippen LogP contribution in [0.25, 0.3) is 0 Å². The predicted molar refractivity (Wildman–Crippen MR) is 50.4 cm³/mol. The minimum absolute atomic E-state index is 0.0389. The Morgan fingerprint density at radius 1 is 1.50 bits per heavy atom. The van der Waals surface area contributed by atoms with Gasteiger partial charge in [-0.3, -0.25) is 4.79 Å². The van der Waals surface area contributed by atoms with Crippen LogP contribution < -0.4 is 0 Å². The highest BCUT2D eigenvalue weighted by atomic mass is 35.5. The van der Waals surface area contributed by atoms with Crippen LogP contribution in [-0.2, 0) is 9.53 Å². The van der Waals surface area contributed by atoms with Gasteiger partial charge in [-0.1, -0.05) is 13.3 Å². The molecule has 0 aliphatic heterocycles. The molecule has 0 fully saturated rings. The highest BCUT2D eigenvalue weighted by Gasteiger charge is 2.11. The number of hydrogen-bond donors (Lipinski definition) is 0. The summed E-state index contributed by atoms with van der Waals surface area (Å²) < 4.78 is 4.94. The summed E-state index contributed by atoms with van der Waals surface area (Å²) >= 11 is 5.86. The van der Waals surface area contributed by atoms with Crippen LogP contribution in [0.3, 0.4) is 0 Å². The number of rotatable bonds is 5. The zero-order valence-electron chi connectivity index (χ0n) is 7.97. The van der Waals surface area contributed by atoms with Gasteiger partial charge in [0.1, 0.15) is 0 Å². The van der Waals surface area contributed by atoms with E-state index >= 15 is 0 Å². The molecule has 0 aliphatic carbocycles. The Hall–Kier alpha value is -0.240. The van der Waals surface area contributed by atoms with Gasteiger partial charge >= 0.3 is 5.97 Å². The number of carbonyl (C=O) groups excluding carboxylic acids is 1. The second-order valence-corrected chi connectivity index (χ2v) is 3.75. The van der Waals surface area contributed by atoms with Crippen molar-refractivity contribution in [3.05, 3.63) is 0 Å². The number of ether oxygens (including phenoxy) is 1. The van der Waals surface area contributed by atoms with Crippen molar-refractivity contribution in [1.82, 2.24) is 0 Å². The van der Waals surface area contributed by atoms with Gasteiger partial charge in [-0.05, 0) is 20.3 Å². The highest BCUT2D eigenvalue weighted by Crippen LogP contribution is 2.10. The van der Waals surface area contributed by atoms with Crippen LogP contribution in [0.5, 0.6) is 0 Å². The van der Waals surface area contributed by atoms with Crippen LogP contribution in [0, 0.1) is 0 Å². The third kappa shape index (κ3) is 6.47. The number of alkyl halides is 1. The van der Waals surface area contributed by atoms with Crippen LogP contribution >= 0.6 is 11.6 Å². The van der Waals surface area contributed by atoms with Gasteiger partial charge in [0, 0.05) is 5.38 Å². The Morgan fingerprint density at radius 3 is 2.50 bits per heavy atom. The van der Waals surface area contributed by atoms with Crippen LogP contribution in [-0.4, -0.2) is 17.5 Å². The van der Waals surface area contributed by atoms with Crippen molar-refractivity contribution in [3.8, 4) is 0 Å². The van der Waals surface area contributed by atoms with E-state index in [-0.39, 0.29) is 17.5 Å². The fourth-order valence-electron chi connectivity index (χ4n) is 0.907. The Bertz CT molecular complexity index is 134. The average Bonchev–Trinajstić information content (AvgIpc) is 1.84. The SMILES string of the molecule is CCCC(Cl)CC(=O)OC(C)C. The predicted octanol–water partition coefficient (Wildman–Crippen LogP) is 2.74. The first-order valence-electron chi connectivity index (χ1n) is 4.39. The second kappa shape index (κ2) is 6.30. The molecule has 0 amide bonds. The Balaban J connectivity index is 3.54. The Morgan fingerprint density at radius 2 is 2.08 bits per heavy atom. The van der Waals surface area contributed by atoms with Gasteiger partial charge in [-0.2, -0.15) is 0 Å². The molecule has 1 unspecified atom stereocenters. The lowest BCUT2D eigenvalue weighted by molar-refractivity contribution is -0.147. The fourth-order valence-corrected chi connectivity index (χ4v) is 1.25. The van der Waals surface area contributed by atoms with Gasteiger partial charge in [0.05, 0.1) is 12.5 Å². The molecule has 72 valence electrons. The molecule has 3 heteroatoms. The minimum atomic E-state index is -0.196. The number of halogens is 1. The molecule has 0 aromatic carbocycles. The summed E-state index contributed by atoms with van der Waals surface area (Å²) in [5.74, 6) is -0.196. The van der Waals surface area contributed by atoms with Gasteiger partial charge in [-0.25, -0.2) is 0 Å². The van der Waals surface area contributed by atoms with Crippen molar-refractivity contribution in [2.45, 2.75) is 51.5 Å². The van der Waals surface area contributed by atoms with E-state index in [0.29, 0.717) is 6.42 Å². The van der Waals surface area contributed by atoms with Crippen molar-refractivity contribution in [1.29, 1.82) is 0 Å². The Kier molecular flexibility index (Phi) is 6.17. The first-order valence-corrected chi connectivity index (χ1v) is 4.83. The molecule has 0 saturated carbocycles. The lowest BCUT2D eigenvalue weighted by Crippen LogP contribution is -2.15. The van der Waals surface area contributed by atoms with Gasteiger partial charge in [0.2, 0.25) is 0 Å². The Labute approximate surface area is 79.2 Å². The van der Waals surface area contributed by atoms with E-state index in [2.05, 4.69) is 0 Å². The van der Waals surface area contributed by atoms with Crippen LogP contribution in [0.2, 0.25) is 0 Å². The van der Waals surface area contributed by atoms with E-state index in [0.717, 1.165) is 12.8 Å². The van der Waals surface area contributed by atoms with Gasteiger partial charge in [0.25, 0.3) is 0 Å². The summed E-state index contributed by atoms with van der Waals surface area (Å²) in [5.41, 5.74) is 0. The molecule has 0 N–H and O–H groups in total. The van der Waals surface area contributed by atoms with Crippen molar-refractivity contribution in [2.24, 2.45) is 0 Å². The minimum Gasteiger partial charge on any atom is -0.463 e. The van der Waals surface area contributed by atoms with Gasteiger partial charge in [0.15, 0.2) is 0 Å². The molecule has 0 bridgehead atoms. The number of hydrogen-bond acceptors (Lipinski definition) is 2. The highest BCUT2D eigenvalue weighted by molar-refractivity contribution is 6.21. The fraction of sp³-hybridized carbons (Fsp3) is 0.889. The molecule has 2 nitrogen and oxygen atoms in total. The molecule has 12 heavy (non-hydrogen) atoms. The van der Waals surface area contributed by atoms with Crippen molar-refractivity contribution in [2.75, 3.05) is 0 Å². The summed E-state index contributed by atoms with van der Waals surface area (Å²) in [5, 5.41) is -0.0683. The molecular weight excluding hydrogens is 176 g/mol. The molecule has 0 saturated heterocycles. The first kappa shape index (κ1) is 11.8. The maximum absolute atomic E-state index is 11.0. The normalized spacial score (nSPS) is 13.1. The molecular formula is C9H17ClO2. The summed E-state index contributed by atoms with van der Waals surface area (Å²) in [4.78, 5) is 11.0. The molecule has 0 rings (SSSR count). The summed E-state index contributed by atoms with van der Waals surface area (Å²) in [6.45, 7) is 5.71. The summed E-state index contributed by atoms with van der Waals surface area (Å²) in [6.07, 6.45) is 2.16. The van der Waals surface area contributed by atoms with Crippen molar-refractivity contribution in [3.63, 3.8) is 0 Å². The molecule has 0 spiro atoms. The largest absolute Gasteiger partial charge is 0.463 e. The monoisotopic (exact) mass is 192 g/mol. The van der Waals surface area contributed by atoms with E-state index in [1.165, 1.54) is 0 Å². The smallest absolute Gasteiger partial charge is 0.307 e. The number of esters is 1. The third-order valence-corrected chi connectivity index (χ3v) is 1.73. The van der Waals surface area contributed by atoms with Crippen molar-refractivity contribution >= 4 is 17.6 Å². The lowest BCUT2D eigenvalue weighted by atomic mass is 10.2. The molecule has 0 heterocycles. The zero-order chi connectivity index (χ0) is 9.56. The average molecular weight is 193 g/mol. The van der Waals surface area contributed by atoms with Crippen molar-refractivity contribution < 1.29 is 9.53 Å². The zero-order valence-corrected chi connectivity index (χ0v) is 8.73. The van der Waals surface area contributed by atoms with Crippen LogP contribution in [0.4, 0.5) is 0 Å². The van der Waals surface area contributed by atoms with Crippen LogP contribution in [0.15, 0.2) is 0 Å². The molecule has 1 atom stereocenters. The third-order valence-electron chi connectivity index (χ3n) is 1.36. The molecule has 0 aromatic heterocycles. The van der Waals surface area contributed by atoms with Crippen LogP contribution in [0.1, 0.15) is 40.0 Å². The first-order chi connectivity index (χ1) is 5.56. The summed E-state index contributed by atoms with van der Waals surface area (Å²) in [7, 11) is 0. The maximum Gasteiger partial charge on any atom is 0.307 e. The second-order valence-electron chi connectivity index (χ2n) is 3.13. The standard InChI is InChI=1S/C9H17ClO2/c1-4-5-8(10)6-9(11)12-7(2)3/h7-8H,4-6H2,1-3H3. The van der Waals surface area contributed by atoms with E-state index in [9.17, 15) is 4.79 Å². The van der Waals surface area contributed by atoms with Gasteiger partial charge < -0.3 is 4.74 Å². The molecule has 0 aliphatic rings. The van der Waals surface area contributed by atoms with E-state index < -0.39 is 0 Å². The number of carbonyl (C=O) groups is 1. The summed E-state index contributed by atoms with van der Waals surface area (Å²) in [6, 6.07) is 0. The van der Waals surface area contributed by atoms with E-state index in [1.54, 1.807) is 0 Å². The molecule has 0 radical (unpaired) electrons. The van der Waals surface area contributed by atoms with Gasteiger partial charge in [-0.15, -0.1) is 11.6 Å². The van der Waals surface area contributed by atoms with E-state index in [4.69, 9.17) is 16.3 Å². The quantitative estimate of drug-likeness (QED) is 0.495.